The van der Waals surface area contributed by atoms with E-state index in [2.05, 4.69) is 0 Å². The van der Waals surface area contributed by atoms with Crippen LogP contribution in [0.4, 0.5) is 0 Å². The monoisotopic (exact) mass is 306 g/mol. The summed E-state index contributed by atoms with van der Waals surface area (Å²) in [6.07, 6.45) is 3.65. The normalized spacial score (nSPS) is 16.0. The summed E-state index contributed by atoms with van der Waals surface area (Å²) in [6.45, 7) is 0.328. The Bertz CT molecular complexity index is 488. The third-order valence-corrected chi connectivity index (χ3v) is 4.35. The van der Waals surface area contributed by atoms with Crippen molar-refractivity contribution in [3.05, 3.63) is 35.9 Å². The van der Waals surface area contributed by atoms with Crippen molar-refractivity contribution in [2.45, 2.75) is 31.7 Å². The molecule has 1 aromatic carbocycles. The minimum atomic E-state index is -0.491. The minimum Gasteiger partial charge on any atom is -0.395 e. The van der Waals surface area contributed by atoms with Gasteiger partial charge in [0, 0.05) is 12.6 Å². The fourth-order valence-corrected chi connectivity index (χ4v) is 2.82. The Balaban J connectivity index is 2.11. The molecule has 0 aromatic heterocycles. The van der Waals surface area contributed by atoms with Gasteiger partial charge in [-0.2, -0.15) is 0 Å². The molecule has 1 amide bonds. The standard InChI is InChI=1S/C16H22N2O2S/c17-15(21)14(11-12-5-2-1-3-6-12)16(20)18(9-10-19)13-7-4-8-13/h1-3,5-6,13-14,19H,4,7-11H2,(H2,17,21). The lowest BCUT2D eigenvalue weighted by Gasteiger charge is -2.39. The quantitative estimate of drug-likeness (QED) is 0.749. The Morgan fingerprint density at radius 2 is 2.05 bits per heavy atom. The Kier molecular flexibility index (Phi) is 5.70. The number of aliphatic hydroxyl groups excluding tert-OH is 1. The second-order valence-corrected chi connectivity index (χ2v) is 5.96. The molecule has 0 aliphatic heterocycles. The van der Waals surface area contributed by atoms with Crippen molar-refractivity contribution < 1.29 is 9.90 Å². The maximum Gasteiger partial charge on any atom is 0.233 e. The van der Waals surface area contributed by atoms with E-state index in [1.165, 1.54) is 0 Å². The predicted octanol–water partition coefficient (Wildman–Crippen LogP) is 1.50. The average molecular weight is 306 g/mol. The number of hydrogen-bond acceptors (Lipinski definition) is 3. The molecule has 0 bridgehead atoms. The lowest BCUT2D eigenvalue weighted by molar-refractivity contribution is -0.138. The molecular formula is C16H22N2O2S. The number of nitrogens with zero attached hydrogens (tertiary/aromatic N) is 1. The van der Waals surface area contributed by atoms with Gasteiger partial charge in [-0.15, -0.1) is 0 Å². The van der Waals surface area contributed by atoms with Crippen LogP contribution in [0.2, 0.25) is 0 Å². The number of rotatable bonds is 7. The highest BCUT2D eigenvalue weighted by Gasteiger charge is 2.33. The average Bonchev–Trinajstić information content (AvgIpc) is 2.42. The maximum absolute atomic E-state index is 12.8. The van der Waals surface area contributed by atoms with Gasteiger partial charge in [0.05, 0.1) is 17.5 Å². The van der Waals surface area contributed by atoms with Crippen LogP contribution >= 0.6 is 12.2 Å². The fourth-order valence-electron chi connectivity index (χ4n) is 2.64. The zero-order valence-corrected chi connectivity index (χ0v) is 12.9. The third-order valence-electron chi connectivity index (χ3n) is 4.06. The van der Waals surface area contributed by atoms with E-state index in [-0.39, 0.29) is 23.5 Å². The second-order valence-electron chi connectivity index (χ2n) is 5.48. The van der Waals surface area contributed by atoms with E-state index < -0.39 is 5.92 Å². The summed E-state index contributed by atoms with van der Waals surface area (Å²) in [4.78, 5) is 14.7. The Morgan fingerprint density at radius 1 is 1.38 bits per heavy atom. The molecule has 114 valence electrons. The minimum absolute atomic E-state index is 0.0301. The van der Waals surface area contributed by atoms with Crippen LogP contribution in [0.3, 0.4) is 0 Å². The van der Waals surface area contributed by atoms with Crippen LogP contribution in [0.25, 0.3) is 0 Å². The van der Waals surface area contributed by atoms with E-state index in [0.717, 1.165) is 24.8 Å². The van der Waals surface area contributed by atoms with E-state index in [1.807, 2.05) is 30.3 Å². The van der Waals surface area contributed by atoms with Crippen LogP contribution in [0, 0.1) is 5.92 Å². The number of hydrogen-bond donors (Lipinski definition) is 2. The Hall–Kier alpha value is -1.46. The molecule has 1 aromatic rings. The van der Waals surface area contributed by atoms with Crippen molar-refractivity contribution in [3.8, 4) is 0 Å². The number of carbonyl (C=O) groups is 1. The fraction of sp³-hybridized carbons (Fsp3) is 0.500. The second kappa shape index (κ2) is 7.52. The highest BCUT2D eigenvalue weighted by molar-refractivity contribution is 7.80. The molecule has 1 fully saturated rings. The van der Waals surface area contributed by atoms with Crippen LogP contribution in [0.15, 0.2) is 30.3 Å². The number of benzene rings is 1. The first-order valence-corrected chi connectivity index (χ1v) is 7.79. The summed E-state index contributed by atoms with van der Waals surface area (Å²) in [6, 6.07) is 9.99. The Morgan fingerprint density at radius 3 is 2.52 bits per heavy atom. The molecular weight excluding hydrogens is 284 g/mol. The van der Waals surface area contributed by atoms with E-state index in [4.69, 9.17) is 18.0 Å². The number of carbonyl (C=O) groups excluding carboxylic acids is 1. The van der Waals surface area contributed by atoms with Crippen molar-refractivity contribution in [2.24, 2.45) is 11.7 Å². The highest BCUT2D eigenvalue weighted by atomic mass is 32.1. The van der Waals surface area contributed by atoms with Crippen LogP contribution in [-0.4, -0.2) is 40.1 Å². The van der Waals surface area contributed by atoms with E-state index in [9.17, 15) is 9.90 Å². The highest BCUT2D eigenvalue weighted by Crippen LogP contribution is 2.26. The molecule has 1 aliphatic carbocycles. The first-order valence-electron chi connectivity index (χ1n) is 7.38. The van der Waals surface area contributed by atoms with Gasteiger partial charge in [-0.25, -0.2) is 0 Å². The summed E-state index contributed by atoms with van der Waals surface area (Å²) in [5.41, 5.74) is 6.84. The van der Waals surface area contributed by atoms with Crippen molar-refractivity contribution in [3.63, 3.8) is 0 Å². The molecule has 0 saturated heterocycles. The van der Waals surface area contributed by atoms with E-state index >= 15 is 0 Å². The number of thiocarbonyl (C=S) groups is 1. The number of amides is 1. The van der Waals surface area contributed by atoms with Crippen molar-refractivity contribution in [1.29, 1.82) is 0 Å². The molecule has 0 radical (unpaired) electrons. The van der Waals surface area contributed by atoms with Crippen LogP contribution in [-0.2, 0) is 11.2 Å². The van der Waals surface area contributed by atoms with Gasteiger partial charge in [-0.3, -0.25) is 4.79 Å². The van der Waals surface area contributed by atoms with Crippen molar-refractivity contribution in [2.75, 3.05) is 13.2 Å². The van der Waals surface area contributed by atoms with Gasteiger partial charge in [0.15, 0.2) is 0 Å². The number of aliphatic hydroxyl groups is 1. The van der Waals surface area contributed by atoms with Crippen LogP contribution in [0.1, 0.15) is 24.8 Å². The molecule has 1 aliphatic rings. The maximum atomic E-state index is 12.8. The lowest BCUT2D eigenvalue weighted by Crippen LogP contribution is -2.50. The molecule has 0 spiro atoms. The van der Waals surface area contributed by atoms with Gasteiger partial charge in [-0.1, -0.05) is 42.5 Å². The van der Waals surface area contributed by atoms with Gasteiger partial charge in [0.25, 0.3) is 0 Å². The molecule has 0 heterocycles. The molecule has 2 rings (SSSR count). The largest absolute Gasteiger partial charge is 0.395 e. The Labute approximate surface area is 130 Å². The lowest BCUT2D eigenvalue weighted by atomic mass is 9.89. The molecule has 1 unspecified atom stereocenters. The van der Waals surface area contributed by atoms with E-state index in [0.29, 0.717) is 13.0 Å². The third kappa shape index (κ3) is 4.02. The van der Waals surface area contributed by atoms with Crippen molar-refractivity contribution in [1.82, 2.24) is 4.90 Å². The summed E-state index contributed by atoms with van der Waals surface area (Å²) < 4.78 is 0. The topological polar surface area (TPSA) is 66.6 Å². The van der Waals surface area contributed by atoms with Gasteiger partial charge in [-0.05, 0) is 31.2 Å². The first kappa shape index (κ1) is 15.9. The zero-order valence-electron chi connectivity index (χ0n) is 12.1. The predicted molar refractivity (Wildman–Crippen MR) is 86.9 cm³/mol. The SMILES string of the molecule is NC(=S)C(Cc1ccccc1)C(=O)N(CCO)C1CCC1. The summed E-state index contributed by atoms with van der Waals surface area (Å²) >= 11 is 5.10. The zero-order chi connectivity index (χ0) is 15.2. The summed E-state index contributed by atoms with van der Waals surface area (Å²) in [7, 11) is 0. The molecule has 4 nitrogen and oxygen atoms in total. The summed E-state index contributed by atoms with van der Waals surface area (Å²) in [5.74, 6) is -0.542. The van der Waals surface area contributed by atoms with Gasteiger partial charge < -0.3 is 15.7 Å². The van der Waals surface area contributed by atoms with Crippen LogP contribution in [0.5, 0.6) is 0 Å². The van der Waals surface area contributed by atoms with Gasteiger partial charge in [0.2, 0.25) is 5.91 Å². The van der Waals surface area contributed by atoms with E-state index in [1.54, 1.807) is 4.90 Å². The first-order chi connectivity index (χ1) is 10.1. The molecule has 5 heteroatoms. The van der Waals surface area contributed by atoms with Gasteiger partial charge in [0.1, 0.15) is 0 Å². The molecule has 21 heavy (non-hydrogen) atoms. The van der Waals surface area contributed by atoms with Crippen LogP contribution < -0.4 is 5.73 Å². The van der Waals surface area contributed by atoms with Crippen molar-refractivity contribution >= 4 is 23.1 Å². The molecule has 1 atom stereocenters. The smallest absolute Gasteiger partial charge is 0.233 e. The van der Waals surface area contributed by atoms with Gasteiger partial charge >= 0.3 is 0 Å². The summed E-state index contributed by atoms with van der Waals surface area (Å²) in [5, 5.41) is 9.21. The number of nitrogens with two attached hydrogens (primary N) is 1. The molecule has 1 saturated carbocycles. The molecule has 3 N–H and O–H groups in total.